The number of likely N-dealkylation sites (tertiary alicyclic amines) is 1. The monoisotopic (exact) mass is 198 g/mol. The van der Waals surface area contributed by atoms with Crippen molar-refractivity contribution in [1.82, 2.24) is 10.2 Å². The summed E-state index contributed by atoms with van der Waals surface area (Å²) in [4.78, 5) is 2.71. The molecule has 1 heterocycles. The van der Waals surface area contributed by atoms with Crippen molar-refractivity contribution in [3.63, 3.8) is 0 Å². The van der Waals surface area contributed by atoms with Crippen molar-refractivity contribution in [2.24, 2.45) is 5.92 Å². The van der Waals surface area contributed by atoms with Gasteiger partial charge in [0, 0.05) is 18.6 Å². The van der Waals surface area contributed by atoms with Crippen LogP contribution in [0.5, 0.6) is 0 Å². The molecule has 3 atom stereocenters. The first-order valence-electron chi connectivity index (χ1n) is 6.09. The standard InChI is InChI=1S/C12H26N2/c1-5-12-7-6-11(3)14(12)9-10(2)8-13-4/h10-13H,5-9H2,1-4H3. The number of nitrogens with zero attached hydrogens (tertiary/aromatic N) is 1. The Morgan fingerprint density at radius 2 is 2.14 bits per heavy atom. The van der Waals surface area contributed by atoms with Crippen LogP contribution < -0.4 is 5.32 Å². The average Bonchev–Trinajstić information content (AvgIpc) is 2.48. The van der Waals surface area contributed by atoms with Gasteiger partial charge in [-0.1, -0.05) is 13.8 Å². The first-order valence-corrected chi connectivity index (χ1v) is 6.09. The van der Waals surface area contributed by atoms with Crippen molar-refractivity contribution in [3.05, 3.63) is 0 Å². The van der Waals surface area contributed by atoms with Gasteiger partial charge in [0.2, 0.25) is 0 Å². The van der Waals surface area contributed by atoms with Gasteiger partial charge in [0.25, 0.3) is 0 Å². The molecule has 0 spiro atoms. The van der Waals surface area contributed by atoms with Gasteiger partial charge in [-0.15, -0.1) is 0 Å². The molecule has 0 aromatic rings. The molecule has 1 aliphatic rings. The van der Waals surface area contributed by atoms with Crippen LogP contribution in [0.4, 0.5) is 0 Å². The molecule has 3 unspecified atom stereocenters. The lowest BCUT2D eigenvalue weighted by Gasteiger charge is -2.30. The van der Waals surface area contributed by atoms with E-state index < -0.39 is 0 Å². The minimum atomic E-state index is 0.773. The number of hydrogen-bond acceptors (Lipinski definition) is 2. The Morgan fingerprint density at radius 3 is 2.71 bits per heavy atom. The second kappa shape index (κ2) is 5.72. The van der Waals surface area contributed by atoms with Gasteiger partial charge in [0.1, 0.15) is 0 Å². The van der Waals surface area contributed by atoms with Crippen molar-refractivity contribution in [2.75, 3.05) is 20.1 Å². The molecule has 0 radical (unpaired) electrons. The van der Waals surface area contributed by atoms with E-state index in [-0.39, 0.29) is 0 Å². The fourth-order valence-electron chi connectivity index (χ4n) is 2.67. The lowest BCUT2D eigenvalue weighted by atomic mass is 10.1. The van der Waals surface area contributed by atoms with Crippen molar-refractivity contribution in [2.45, 2.75) is 52.1 Å². The van der Waals surface area contributed by atoms with Crippen LogP contribution in [0.2, 0.25) is 0 Å². The van der Waals surface area contributed by atoms with E-state index >= 15 is 0 Å². The van der Waals surface area contributed by atoms with E-state index in [1.165, 1.54) is 25.8 Å². The minimum absolute atomic E-state index is 0.773. The van der Waals surface area contributed by atoms with Crippen LogP contribution in [0.25, 0.3) is 0 Å². The Morgan fingerprint density at radius 1 is 1.43 bits per heavy atom. The van der Waals surface area contributed by atoms with Crippen molar-refractivity contribution in [3.8, 4) is 0 Å². The fraction of sp³-hybridized carbons (Fsp3) is 1.00. The molecule has 0 saturated carbocycles. The van der Waals surface area contributed by atoms with Gasteiger partial charge in [-0.25, -0.2) is 0 Å². The average molecular weight is 198 g/mol. The smallest absolute Gasteiger partial charge is 0.00961 e. The molecule has 0 amide bonds. The highest BCUT2D eigenvalue weighted by molar-refractivity contribution is 4.85. The van der Waals surface area contributed by atoms with E-state index in [1.54, 1.807) is 0 Å². The highest BCUT2D eigenvalue weighted by Gasteiger charge is 2.29. The molecular formula is C12H26N2. The van der Waals surface area contributed by atoms with E-state index in [0.29, 0.717) is 0 Å². The summed E-state index contributed by atoms with van der Waals surface area (Å²) < 4.78 is 0. The van der Waals surface area contributed by atoms with Crippen LogP contribution >= 0.6 is 0 Å². The van der Waals surface area contributed by atoms with Gasteiger partial charge >= 0.3 is 0 Å². The van der Waals surface area contributed by atoms with Crippen molar-refractivity contribution >= 4 is 0 Å². The van der Waals surface area contributed by atoms with Gasteiger partial charge < -0.3 is 5.32 Å². The van der Waals surface area contributed by atoms with Crippen LogP contribution in [-0.4, -0.2) is 37.1 Å². The van der Waals surface area contributed by atoms with Crippen LogP contribution in [0.1, 0.15) is 40.0 Å². The second-order valence-corrected chi connectivity index (χ2v) is 4.85. The molecule has 1 fully saturated rings. The molecule has 0 bridgehead atoms. The molecular weight excluding hydrogens is 172 g/mol. The van der Waals surface area contributed by atoms with E-state index in [0.717, 1.165) is 24.5 Å². The topological polar surface area (TPSA) is 15.3 Å². The molecule has 2 heteroatoms. The summed E-state index contributed by atoms with van der Waals surface area (Å²) in [5.74, 6) is 0.773. The lowest BCUT2D eigenvalue weighted by Crippen LogP contribution is -2.39. The summed E-state index contributed by atoms with van der Waals surface area (Å²) in [6, 6.07) is 1.66. The van der Waals surface area contributed by atoms with Crippen LogP contribution in [-0.2, 0) is 0 Å². The summed E-state index contributed by atoms with van der Waals surface area (Å²) in [7, 11) is 2.04. The second-order valence-electron chi connectivity index (χ2n) is 4.85. The first kappa shape index (κ1) is 12.0. The van der Waals surface area contributed by atoms with E-state index in [9.17, 15) is 0 Å². The molecule has 1 saturated heterocycles. The summed E-state index contributed by atoms with van der Waals surface area (Å²) in [5.41, 5.74) is 0. The van der Waals surface area contributed by atoms with Crippen molar-refractivity contribution < 1.29 is 0 Å². The Balaban J connectivity index is 2.40. The van der Waals surface area contributed by atoms with Gasteiger partial charge in [-0.3, -0.25) is 4.90 Å². The first-order chi connectivity index (χ1) is 6.69. The molecule has 1 rings (SSSR count). The summed E-state index contributed by atoms with van der Waals surface area (Å²) >= 11 is 0. The predicted molar refractivity (Wildman–Crippen MR) is 62.6 cm³/mol. The molecule has 1 aliphatic heterocycles. The van der Waals surface area contributed by atoms with Crippen LogP contribution in [0, 0.1) is 5.92 Å². The van der Waals surface area contributed by atoms with Crippen LogP contribution in [0.3, 0.4) is 0 Å². The summed E-state index contributed by atoms with van der Waals surface area (Å²) in [6.07, 6.45) is 4.12. The Kier molecular flexibility index (Phi) is 4.90. The maximum absolute atomic E-state index is 3.26. The predicted octanol–water partition coefficient (Wildman–Crippen LogP) is 2.10. The normalized spacial score (nSPS) is 30.9. The zero-order valence-electron chi connectivity index (χ0n) is 10.2. The molecule has 84 valence electrons. The largest absolute Gasteiger partial charge is 0.319 e. The molecule has 0 aliphatic carbocycles. The van der Waals surface area contributed by atoms with Gasteiger partial charge in [-0.2, -0.15) is 0 Å². The zero-order chi connectivity index (χ0) is 10.6. The van der Waals surface area contributed by atoms with Crippen molar-refractivity contribution in [1.29, 1.82) is 0 Å². The van der Waals surface area contributed by atoms with Crippen LogP contribution in [0.15, 0.2) is 0 Å². The molecule has 0 aromatic carbocycles. The third-order valence-corrected chi connectivity index (χ3v) is 3.50. The fourth-order valence-corrected chi connectivity index (χ4v) is 2.67. The highest BCUT2D eigenvalue weighted by Crippen LogP contribution is 2.26. The number of rotatable bonds is 5. The molecule has 2 nitrogen and oxygen atoms in total. The summed E-state index contributed by atoms with van der Waals surface area (Å²) in [5, 5.41) is 3.26. The Hall–Kier alpha value is -0.0800. The Labute approximate surface area is 89.1 Å². The maximum atomic E-state index is 3.26. The van der Waals surface area contributed by atoms with E-state index in [2.05, 4.69) is 31.0 Å². The molecule has 1 N–H and O–H groups in total. The third kappa shape index (κ3) is 2.96. The van der Waals surface area contributed by atoms with E-state index in [4.69, 9.17) is 0 Å². The SMILES string of the molecule is CCC1CCC(C)N1CC(C)CNC. The molecule has 0 aromatic heterocycles. The zero-order valence-corrected chi connectivity index (χ0v) is 10.2. The van der Waals surface area contributed by atoms with Gasteiger partial charge in [-0.05, 0) is 45.7 Å². The maximum Gasteiger partial charge on any atom is 0.00961 e. The van der Waals surface area contributed by atoms with Gasteiger partial charge in [0.15, 0.2) is 0 Å². The quantitative estimate of drug-likeness (QED) is 0.728. The number of nitrogens with one attached hydrogen (secondary N) is 1. The van der Waals surface area contributed by atoms with E-state index in [1.807, 2.05) is 7.05 Å². The highest BCUT2D eigenvalue weighted by atomic mass is 15.2. The lowest BCUT2D eigenvalue weighted by molar-refractivity contribution is 0.171. The number of hydrogen-bond donors (Lipinski definition) is 1. The third-order valence-electron chi connectivity index (χ3n) is 3.50. The Bertz CT molecular complexity index is 158. The molecule has 14 heavy (non-hydrogen) atoms. The summed E-state index contributed by atoms with van der Waals surface area (Å²) in [6.45, 7) is 9.44. The van der Waals surface area contributed by atoms with Gasteiger partial charge in [0.05, 0.1) is 0 Å². The minimum Gasteiger partial charge on any atom is -0.319 e.